The number of aromatic amines is 1. The summed E-state index contributed by atoms with van der Waals surface area (Å²) in [5, 5.41) is 2.55. The van der Waals surface area contributed by atoms with E-state index in [1.807, 2.05) is 6.07 Å². The molecular weight excluding hydrogens is 475 g/mol. The number of nitrogens with zero attached hydrogens (tertiary/aromatic N) is 4. The molecule has 12 heteroatoms. The van der Waals surface area contributed by atoms with Gasteiger partial charge in [-0.05, 0) is 49.2 Å². The van der Waals surface area contributed by atoms with Crippen LogP contribution >= 0.6 is 0 Å². The zero-order valence-electron chi connectivity index (χ0n) is 20.0. The summed E-state index contributed by atoms with van der Waals surface area (Å²) in [6, 6.07) is 5.36. The monoisotopic (exact) mass is 503 g/mol. The zero-order chi connectivity index (χ0) is 26.0. The number of nitrogens with one attached hydrogen (secondary N) is 2. The third kappa shape index (κ3) is 5.19. The van der Waals surface area contributed by atoms with Crippen LogP contribution in [0.25, 0.3) is 11.0 Å². The zero-order valence-corrected chi connectivity index (χ0v) is 20.0. The number of aromatic nitrogens is 3. The second-order valence-electron chi connectivity index (χ2n) is 8.82. The highest BCUT2D eigenvalue weighted by Crippen LogP contribution is 2.31. The van der Waals surface area contributed by atoms with Gasteiger partial charge in [-0.15, -0.1) is 0 Å². The maximum Gasteiger partial charge on any atom is 0.422 e. The van der Waals surface area contributed by atoms with E-state index in [9.17, 15) is 22.8 Å². The van der Waals surface area contributed by atoms with Crippen LogP contribution in [-0.4, -0.2) is 65.0 Å². The van der Waals surface area contributed by atoms with Gasteiger partial charge in [0.05, 0.1) is 22.9 Å². The number of halogens is 3. The van der Waals surface area contributed by atoms with Crippen LogP contribution < -0.4 is 21.5 Å². The Labute approximate surface area is 205 Å². The minimum atomic E-state index is -4.75. The Morgan fingerprint density at radius 2 is 2.03 bits per heavy atom. The van der Waals surface area contributed by atoms with Crippen molar-refractivity contribution in [1.82, 2.24) is 25.2 Å². The summed E-state index contributed by atoms with van der Waals surface area (Å²) < 4.78 is 39.8. The van der Waals surface area contributed by atoms with Crippen molar-refractivity contribution < 1.29 is 18.0 Å². The molecule has 1 aliphatic heterocycles. The summed E-state index contributed by atoms with van der Waals surface area (Å²) in [4.78, 5) is 39.2. The van der Waals surface area contributed by atoms with Gasteiger partial charge < -0.3 is 20.9 Å². The number of H-pyrrole nitrogens is 1. The van der Waals surface area contributed by atoms with Crippen molar-refractivity contribution >= 4 is 22.6 Å². The lowest BCUT2D eigenvalue weighted by molar-refractivity contribution is -0.139. The number of pyridine rings is 3. The number of nitrogens with two attached hydrogens (primary N) is 1. The Bertz CT molecular complexity index is 1310. The molecule has 3 aromatic rings. The van der Waals surface area contributed by atoms with Gasteiger partial charge >= 0.3 is 6.18 Å². The van der Waals surface area contributed by atoms with Gasteiger partial charge in [-0.2, -0.15) is 13.2 Å². The van der Waals surface area contributed by atoms with E-state index in [4.69, 9.17) is 5.73 Å². The molecule has 0 radical (unpaired) electrons. The summed E-state index contributed by atoms with van der Waals surface area (Å²) in [6.45, 7) is 4.39. The van der Waals surface area contributed by atoms with E-state index in [0.717, 1.165) is 17.7 Å². The van der Waals surface area contributed by atoms with Crippen LogP contribution in [0.15, 0.2) is 35.4 Å². The standard InChI is InChI=1S/C24H28F3N7O2/c1-14-20(24(25,26)27)23(36)32-19-9-15(10-31-21(14)19)12-33-7-8-34(13-17(33)5-6-28)16-3-4-18(30-11-16)22(35)29-2/h3-4,9-11,17H,5-8,12-13,28H2,1-2H3,(H,29,35)(H,32,36). The molecule has 1 amide bonds. The lowest BCUT2D eigenvalue weighted by Crippen LogP contribution is -2.53. The van der Waals surface area contributed by atoms with Gasteiger partial charge in [0, 0.05) is 45.5 Å². The molecule has 4 heterocycles. The molecule has 1 atom stereocenters. The number of aryl methyl sites for hydroxylation is 1. The second-order valence-corrected chi connectivity index (χ2v) is 8.82. The molecule has 1 unspecified atom stereocenters. The lowest BCUT2D eigenvalue weighted by Gasteiger charge is -2.42. The number of rotatable bonds is 6. The first-order valence-electron chi connectivity index (χ1n) is 11.6. The first-order chi connectivity index (χ1) is 17.1. The number of amides is 1. The smallest absolute Gasteiger partial charge is 0.367 e. The van der Waals surface area contributed by atoms with Crippen LogP contribution in [0, 0.1) is 6.92 Å². The minimum absolute atomic E-state index is 0.117. The first kappa shape index (κ1) is 25.6. The highest BCUT2D eigenvalue weighted by atomic mass is 19.4. The average Bonchev–Trinajstić information content (AvgIpc) is 2.84. The second kappa shape index (κ2) is 10.2. The predicted molar refractivity (Wildman–Crippen MR) is 130 cm³/mol. The lowest BCUT2D eigenvalue weighted by atomic mass is 10.1. The Kier molecular flexibility index (Phi) is 7.27. The van der Waals surface area contributed by atoms with E-state index >= 15 is 0 Å². The number of hydrogen-bond donors (Lipinski definition) is 3. The Morgan fingerprint density at radius 3 is 2.67 bits per heavy atom. The summed E-state index contributed by atoms with van der Waals surface area (Å²) in [5.74, 6) is -0.248. The maximum absolute atomic E-state index is 13.3. The molecule has 1 fully saturated rings. The van der Waals surface area contributed by atoms with Crippen LogP contribution in [0.3, 0.4) is 0 Å². The third-order valence-corrected chi connectivity index (χ3v) is 6.50. The van der Waals surface area contributed by atoms with E-state index in [-0.39, 0.29) is 28.5 Å². The Hall–Kier alpha value is -3.51. The SMILES string of the molecule is CNC(=O)c1ccc(N2CCN(Cc3cnc4c(C)c(C(F)(F)F)c(=O)[nH]c4c3)C(CCN)C2)cn1. The normalized spacial score (nSPS) is 16.9. The summed E-state index contributed by atoms with van der Waals surface area (Å²) >= 11 is 0. The van der Waals surface area contributed by atoms with Crippen molar-refractivity contribution in [3.63, 3.8) is 0 Å². The molecule has 36 heavy (non-hydrogen) atoms. The molecule has 4 N–H and O–H groups in total. The molecule has 9 nitrogen and oxygen atoms in total. The summed E-state index contributed by atoms with van der Waals surface area (Å²) in [7, 11) is 1.55. The van der Waals surface area contributed by atoms with Gasteiger partial charge in [-0.1, -0.05) is 0 Å². The minimum Gasteiger partial charge on any atom is -0.367 e. The fourth-order valence-corrected chi connectivity index (χ4v) is 4.68. The predicted octanol–water partition coefficient (Wildman–Crippen LogP) is 2.04. The van der Waals surface area contributed by atoms with Crippen molar-refractivity contribution in [3.05, 3.63) is 63.3 Å². The van der Waals surface area contributed by atoms with Gasteiger partial charge in [0.25, 0.3) is 11.5 Å². The molecule has 3 aromatic heterocycles. The van der Waals surface area contributed by atoms with Crippen molar-refractivity contribution in [2.45, 2.75) is 32.1 Å². The fourth-order valence-electron chi connectivity index (χ4n) is 4.68. The quantitative estimate of drug-likeness (QED) is 0.471. The van der Waals surface area contributed by atoms with E-state index in [2.05, 4.69) is 30.1 Å². The molecule has 0 spiro atoms. The van der Waals surface area contributed by atoms with Crippen LogP contribution in [0.2, 0.25) is 0 Å². The first-order valence-corrected chi connectivity index (χ1v) is 11.6. The molecule has 1 aliphatic rings. The number of fused-ring (bicyclic) bond motifs is 1. The summed E-state index contributed by atoms with van der Waals surface area (Å²) in [5.41, 5.74) is 5.75. The highest BCUT2D eigenvalue weighted by Gasteiger charge is 2.37. The van der Waals surface area contributed by atoms with Crippen LogP contribution in [-0.2, 0) is 12.7 Å². The van der Waals surface area contributed by atoms with Gasteiger partial charge in [-0.3, -0.25) is 19.5 Å². The number of alkyl halides is 3. The van der Waals surface area contributed by atoms with Crippen LogP contribution in [0.1, 0.15) is 33.6 Å². The number of carbonyl (C=O) groups is 1. The van der Waals surface area contributed by atoms with E-state index in [1.54, 1.807) is 31.6 Å². The van der Waals surface area contributed by atoms with Gasteiger partial charge in [0.15, 0.2) is 0 Å². The number of hydrogen-bond acceptors (Lipinski definition) is 7. The van der Waals surface area contributed by atoms with E-state index in [0.29, 0.717) is 38.4 Å². The molecule has 4 rings (SSSR count). The molecular formula is C24H28F3N7O2. The van der Waals surface area contributed by atoms with Crippen molar-refractivity contribution in [3.8, 4) is 0 Å². The van der Waals surface area contributed by atoms with E-state index in [1.165, 1.54) is 6.92 Å². The average molecular weight is 504 g/mol. The van der Waals surface area contributed by atoms with Gasteiger partial charge in [0.1, 0.15) is 11.3 Å². The molecule has 0 saturated carbocycles. The van der Waals surface area contributed by atoms with Gasteiger partial charge in [-0.25, -0.2) is 4.98 Å². The number of carbonyl (C=O) groups excluding carboxylic acids is 1. The number of piperazine rings is 1. The molecule has 0 aromatic carbocycles. The van der Waals surface area contributed by atoms with Crippen molar-refractivity contribution in [2.24, 2.45) is 5.73 Å². The molecule has 0 aliphatic carbocycles. The van der Waals surface area contributed by atoms with Crippen molar-refractivity contribution in [2.75, 3.05) is 38.1 Å². The van der Waals surface area contributed by atoms with Crippen LogP contribution in [0.5, 0.6) is 0 Å². The third-order valence-electron chi connectivity index (χ3n) is 6.50. The van der Waals surface area contributed by atoms with Crippen LogP contribution in [0.4, 0.5) is 18.9 Å². The largest absolute Gasteiger partial charge is 0.422 e. The van der Waals surface area contributed by atoms with Crippen molar-refractivity contribution in [1.29, 1.82) is 0 Å². The topological polar surface area (TPSA) is 120 Å². The maximum atomic E-state index is 13.3. The molecule has 0 bridgehead atoms. The summed E-state index contributed by atoms with van der Waals surface area (Å²) in [6.07, 6.45) is -0.770. The van der Waals surface area contributed by atoms with E-state index < -0.39 is 17.3 Å². The fraction of sp³-hybridized carbons (Fsp3) is 0.417. The molecule has 192 valence electrons. The Balaban J connectivity index is 1.53. The molecule has 1 saturated heterocycles. The van der Waals surface area contributed by atoms with Gasteiger partial charge in [0.2, 0.25) is 0 Å². The number of anilines is 1. The Morgan fingerprint density at radius 1 is 1.25 bits per heavy atom. The highest BCUT2D eigenvalue weighted by molar-refractivity contribution is 5.92.